The first kappa shape index (κ1) is 15.6. The molecule has 1 aliphatic heterocycles. The summed E-state index contributed by atoms with van der Waals surface area (Å²) < 4.78 is 4.56. The SMILES string of the molecule is CC1(C)c2cc3ccccc3cc2-[n+]2[c-]n(C(C)(C)C)c3cccc1c32. The molecule has 0 amide bonds. The summed E-state index contributed by atoms with van der Waals surface area (Å²) in [5.74, 6) is 0. The molecule has 0 saturated carbocycles. The topological polar surface area (TPSA) is 8.81 Å². The van der Waals surface area contributed by atoms with E-state index >= 15 is 0 Å². The molecule has 0 bridgehead atoms. The Balaban J connectivity index is 1.98. The van der Waals surface area contributed by atoms with Crippen molar-refractivity contribution in [3.05, 3.63) is 72.1 Å². The fourth-order valence-corrected chi connectivity index (χ4v) is 4.40. The number of rotatable bonds is 0. The van der Waals surface area contributed by atoms with Crippen molar-refractivity contribution in [1.82, 2.24) is 4.57 Å². The van der Waals surface area contributed by atoms with E-state index in [0.717, 1.165) is 0 Å². The molecule has 0 fully saturated rings. The molecule has 3 aromatic carbocycles. The highest BCUT2D eigenvalue weighted by atomic mass is 15.2. The van der Waals surface area contributed by atoms with Crippen LogP contribution >= 0.6 is 0 Å². The minimum absolute atomic E-state index is 0.0202. The summed E-state index contributed by atoms with van der Waals surface area (Å²) in [5.41, 5.74) is 6.46. The molecule has 0 saturated heterocycles. The van der Waals surface area contributed by atoms with Gasteiger partial charge >= 0.3 is 0 Å². The molecule has 1 aromatic heterocycles. The Morgan fingerprint density at radius 3 is 2.27 bits per heavy atom. The first-order valence-corrected chi connectivity index (χ1v) is 9.32. The van der Waals surface area contributed by atoms with Gasteiger partial charge in [-0.1, -0.05) is 62.4 Å². The maximum Gasteiger partial charge on any atom is 0.244 e. The molecule has 4 aromatic rings. The average molecular weight is 340 g/mol. The van der Waals surface area contributed by atoms with E-state index in [1.54, 1.807) is 0 Å². The third kappa shape index (κ3) is 1.90. The molecule has 0 unspecified atom stereocenters. The van der Waals surface area contributed by atoms with Crippen molar-refractivity contribution in [2.75, 3.05) is 0 Å². The molecule has 1 aliphatic rings. The van der Waals surface area contributed by atoms with Crippen LogP contribution < -0.4 is 4.57 Å². The van der Waals surface area contributed by atoms with Gasteiger partial charge in [0.15, 0.2) is 0 Å². The average Bonchev–Trinajstić information content (AvgIpc) is 2.99. The van der Waals surface area contributed by atoms with Gasteiger partial charge in [0.2, 0.25) is 6.33 Å². The lowest BCUT2D eigenvalue weighted by Crippen LogP contribution is -2.41. The van der Waals surface area contributed by atoms with Gasteiger partial charge in [-0.3, -0.25) is 0 Å². The third-order valence-electron chi connectivity index (χ3n) is 5.80. The van der Waals surface area contributed by atoms with Crippen molar-refractivity contribution in [3.8, 4) is 5.69 Å². The molecule has 2 heterocycles. The van der Waals surface area contributed by atoms with Crippen molar-refractivity contribution in [2.24, 2.45) is 0 Å². The maximum atomic E-state index is 3.66. The zero-order chi connectivity index (χ0) is 18.3. The van der Waals surface area contributed by atoms with E-state index in [1.165, 1.54) is 38.6 Å². The Bertz CT molecular complexity index is 1190. The summed E-state index contributed by atoms with van der Waals surface area (Å²) in [6.07, 6.45) is 3.66. The molecule has 0 N–H and O–H groups in total. The third-order valence-corrected chi connectivity index (χ3v) is 5.80. The monoisotopic (exact) mass is 340 g/mol. The normalized spacial score (nSPS) is 15.4. The summed E-state index contributed by atoms with van der Waals surface area (Å²) in [6.45, 7) is 11.4. The van der Waals surface area contributed by atoms with Gasteiger partial charge in [0, 0.05) is 5.41 Å². The van der Waals surface area contributed by atoms with E-state index in [1.807, 2.05) is 0 Å². The Morgan fingerprint density at radius 2 is 1.58 bits per heavy atom. The number of para-hydroxylation sites is 1. The van der Waals surface area contributed by atoms with E-state index in [9.17, 15) is 0 Å². The van der Waals surface area contributed by atoms with Gasteiger partial charge in [-0.05, 0) is 48.7 Å². The van der Waals surface area contributed by atoms with Crippen molar-refractivity contribution in [1.29, 1.82) is 0 Å². The van der Waals surface area contributed by atoms with Crippen LogP contribution in [0.25, 0.3) is 27.5 Å². The van der Waals surface area contributed by atoms with Crippen LogP contribution in [0.5, 0.6) is 0 Å². The van der Waals surface area contributed by atoms with Gasteiger partial charge in [-0.25, -0.2) is 0 Å². The van der Waals surface area contributed by atoms with Crippen LogP contribution in [0.3, 0.4) is 0 Å². The van der Waals surface area contributed by atoms with Crippen LogP contribution in [0.1, 0.15) is 45.7 Å². The van der Waals surface area contributed by atoms with Crippen LogP contribution in [0.15, 0.2) is 54.6 Å². The molecule has 130 valence electrons. The van der Waals surface area contributed by atoms with E-state index in [-0.39, 0.29) is 11.0 Å². The van der Waals surface area contributed by atoms with Crippen molar-refractivity contribution in [2.45, 2.75) is 45.6 Å². The molecule has 26 heavy (non-hydrogen) atoms. The molecule has 0 radical (unpaired) electrons. The quantitative estimate of drug-likeness (QED) is 0.305. The van der Waals surface area contributed by atoms with Gasteiger partial charge in [-0.2, -0.15) is 0 Å². The molecule has 2 nitrogen and oxygen atoms in total. The molecule has 5 rings (SSSR count). The highest BCUT2D eigenvalue weighted by molar-refractivity contribution is 5.88. The summed E-state index contributed by atoms with van der Waals surface area (Å²) in [5, 5.41) is 2.57. The summed E-state index contributed by atoms with van der Waals surface area (Å²) in [7, 11) is 0. The first-order valence-electron chi connectivity index (χ1n) is 9.32. The van der Waals surface area contributed by atoms with Crippen LogP contribution in [0, 0.1) is 6.33 Å². The fourth-order valence-electron chi connectivity index (χ4n) is 4.40. The molecule has 0 atom stereocenters. The first-order chi connectivity index (χ1) is 12.3. The number of nitrogens with zero attached hydrogens (tertiary/aromatic N) is 2. The zero-order valence-electron chi connectivity index (χ0n) is 16.1. The molecule has 0 aliphatic carbocycles. The Kier molecular flexibility index (Phi) is 2.86. The minimum atomic E-state index is -0.0449. The minimum Gasteiger partial charge on any atom is -0.319 e. The van der Waals surface area contributed by atoms with Crippen LogP contribution in [-0.2, 0) is 11.0 Å². The van der Waals surface area contributed by atoms with Crippen LogP contribution in [-0.4, -0.2) is 4.57 Å². The molecular weight excluding hydrogens is 316 g/mol. The predicted molar refractivity (Wildman–Crippen MR) is 107 cm³/mol. The number of hydrogen-bond acceptors (Lipinski definition) is 0. The van der Waals surface area contributed by atoms with Crippen molar-refractivity contribution in [3.63, 3.8) is 0 Å². The van der Waals surface area contributed by atoms with Gasteiger partial charge in [-0.15, -0.1) is 0 Å². The van der Waals surface area contributed by atoms with E-state index < -0.39 is 0 Å². The summed E-state index contributed by atoms with van der Waals surface area (Å²) >= 11 is 0. The maximum absolute atomic E-state index is 3.66. The van der Waals surface area contributed by atoms with Crippen LogP contribution in [0.4, 0.5) is 0 Å². The number of hydrogen-bond donors (Lipinski definition) is 0. The Labute approximate surface area is 154 Å². The summed E-state index contributed by atoms with van der Waals surface area (Å²) in [4.78, 5) is 0. The fraction of sp³-hybridized carbons (Fsp3) is 0.292. The van der Waals surface area contributed by atoms with Gasteiger partial charge < -0.3 is 9.13 Å². The second kappa shape index (κ2) is 4.76. The zero-order valence-corrected chi connectivity index (χ0v) is 16.1. The van der Waals surface area contributed by atoms with E-state index in [4.69, 9.17) is 0 Å². The largest absolute Gasteiger partial charge is 0.319 e. The molecule has 2 heteroatoms. The Hall–Kier alpha value is -2.61. The lowest BCUT2D eigenvalue weighted by Gasteiger charge is -2.35. The second-order valence-electron chi connectivity index (χ2n) is 8.96. The van der Waals surface area contributed by atoms with Crippen molar-refractivity contribution >= 4 is 21.8 Å². The van der Waals surface area contributed by atoms with Gasteiger partial charge in [0.05, 0.1) is 22.3 Å². The van der Waals surface area contributed by atoms with E-state index in [0.29, 0.717) is 0 Å². The predicted octanol–water partition coefficient (Wildman–Crippen LogP) is 5.27. The van der Waals surface area contributed by atoms with Crippen molar-refractivity contribution < 1.29 is 4.57 Å². The highest BCUT2D eigenvalue weighted by Crippen LogP contribution is 2.42. The smallest absolute Gasteiger partial charge is 0.244 e. The lowest BCUT2D eigenvalue weighted by atomic mass is 9.74. The number of fused-ring (bicyclic) bond motifs is 3. The van der Waals surface area contributed by atoms with E-state index in [2.05, 4.69) is 105 Å². The molecule has 0 spiro atoms. The summed E-state index contributed by atoms with van der Waals surface area (Å²) in [6, 6.07) is 20.0. The van der Waals surface area contributed by atoms with Gasteiger partial charge in [0.25, 0.3) is 0 Å². The van der Waals surface area contributed by atoms with Crippen LogP contribution in [0.2, 0.25) is 0 Å². The second-order valence-corrected chi connectivity index (χ2v) is 8.96. The standard InChI is InChI=1S/C24H24N2/c1-23(2,3)26-15-25-21-14-17-10-7-6-9-16(17)13-19(21)24(4,5)18-11-8-12-20(26)22(18)25/h6-14H,1-5H3. The molecular formula is C24H24N2. The Morgan fingerprint density at radius 1 is 0.885 bits per heavy atom. The lowest BCUT2D eigenvalue weighted by molar-refractivity contribution is -0.576. The number of aromatic nitrogens is 2. The number of imidazole rings is 1. The highest BCUT2D eigenvalue weighted by Gasteiger charge is 2.35. The van der Waals surface area contributed by atoms with Gasteiger partial charge in [0.1, 0.15) is 0 Å². The number of benzene rings is 3.